The maximum atomic E-state index is 13.0. The smallest absolute Gasteiger partial charge is 0.243 e. The number of nitrogens with one attached hydrogen (secondary N) is 1. The molecule has 0 radical (unpaired) electrons. The summed E-state index contributed by atoms with van der Waals surface area (Å²) >= 11 is 0. The Morgan fingerprint density at radius 3 is 2.25 bits per heavy atom. The Labute approximate surface area is 165 Å². The van der Waals surface area contributed by atoms with E-state index < -0.39 is 10.0 Å². The van der Waals surface area contributed by atoms with E-state index in [9.17, 15) is 17.6 Å². The molecule has 5 nitrogen and oxygen atoms in total. The molecule has 28 heavy (non-hydrogen) atoms. The Hall–Kier alpha value is -2.25. The Kier molecular flexibility index (Phi) is 6.46. The molecule has 1 saturated heterocycles. The van der Waals surface area contributed by atoms with Gasteiger partial charge in [0.05, 0.1) is 4.90 Å². The van der Waals surface area contributed by atoms with Crippen molar-refractivity contribution in [2.75, 3.05) is 18.4 Å². The van der Waals surface area contributed by atoms with Crippen molar-refractivity contribution in [1.82, 2.24) is 4.31 Å². The van der Waals surface area contributed by atoms with E-state index in [4.69, 9.17) is 0 Å². The van der Waals surface area contributed by atoms with Gasteiger partial charge in [-0.3, -0.25) is 4.79 Å². The molecule has 0 bridgehead atoms. The van der Waals surface area contributed by atoms with Crippen LogP contribution in [0.3, 0.4) is 0 Å². The molecule has 3 rings (SSSR count). The monoisotopic (exact) mass is 404 g/mol. The highest BCUT2D eigenvalue weighted by Crippen LogP contribution is 2.23. The molecule has 0 spiro atoms. The number of carbonyl (C=O) groups excluding carboxylic acids is 1. The van der Waals surface area contributed by atoms with Gasteiger partial charge in [0, 0.05) is 25.2 Å². The average Bonchev–Trinajstić information content (AvgIpc) is 2.69. The highest BCUT2D eigenvalue weighted by molar-refractivity contribution is 7.89. The van der Waals surface area contributed by atoms with Crippen molar-refractivity contribution in [3.05, 3.63) is 59.9 Å². The number of rotatable bonds is 6. The Balaban J connectivity index is 1.60. The minimum atomic E-state index is -3.48. The van der Waals surface area contributed by atoms with Crippen LogP contribution in [0.1, 0.15) is 44.1 Å². The van der Waals surface area contributed by atoms with Crippen LogP contribution < -0.4 is 5.32 Å². The van der Waals surface area contributed by atoms with Crippen LogP contribution in [0.15, 0.2) is 53.4 Å². The van der Waals surface area contributed by atoms with E-state index in [0.29, 0.717) is 18.8 Å². The van der Waals surface area contributed by atoms with Crippen LogP contribution in [-0.4, -0.2) is 31.7 Å². The van der Waals surface area contributed by atoms with E-state index in [1.807, 2.05) is 6.92 Å². The van der Waals surface area contributed by atoms with Crippen LogP contribution in [0, 0.1) is 5.82 Å². The molecular weight excluding hydrogens is 379 g/mol. The maximum Gasteiger partial charge on any atom is 0.243 e. The first-order chi connectivity index (χ1) is 13.4. The summed E-state index contributed by atoms with van der Waals surface area (Å²) in [5.41, 5.74) is 1.44. The summed E-state index contributed by atoms with van der Waals surface area (Å²) in [6.07, 6.45) is 3.09. The minimum absolute atomic E-state index is 0.0562. The van der Waals surface area contributed by atoms with Gasteiger partial charge in [-0.25, -0.2) is 12.8 Å². The number of hydrogen-bond acceptors (Lipinski definition) is 3. The Morgan fingerprint density at radius 1 is 1.04 bits per heavy atom. The van der Waals surface area contributed by atoms with Gasteiger partial charge in [0.1, 0.15) is 5.82 Å². The molecule has 1 fully saturated rings. The van der Waals surface area contributed by atoms with Crippen LogP contribution in [0.4, 0.5) is 10.1 Å². The number of hydrogen-bond donors (Lipinski definition) is 1. The highest BCUT2D eigenvalue weighted by Gasteiger charge is 2.25. The van der Waals surface area contributed by atoms with Crippen molar-refractivity contribution in [2.24, 2.45) is 0 Å². The van der Waals surface area contributed by atoms with Gasteiger partial charge in [-0.2, -0.15) is 4.31 Å². The molecule has 1 aliphatic heterocycles. The van der Waals surface area contributed by atoms with E-state index in [2.05, 4.69) is 5.32 Å². The van der Waals surface area contributed by atoms with Gasteiger partial charge in [0.15, 0.2) is 0 Å². The quantitative estimate of drug-likeness (QED) is 0.787. The lowest BCUT2D eigenvalue weighted by atomic mass is 9.97. The molecule has 7 heteroatoms. The Morgan fingerprint density at radius 2 is 1.64 bits per heavy atom. The number of nitrogens with zero attached hydrogens (tertiary/aromatic N) is 1. The summed E-state index contributed by atoms with van der Waals surface area (Å²) in [6.45, 7) is 3.02. The van der Waals surface area contributed by atoms with Gasteiger partial charge in [-0.05, 0) is 60.7 Å². The molecule has 150 valence electrons. The summed E-state index contributed by atoms with van der Waals surface area (Å²) in [6, 6.07) is 12.4. The van der Waals surface area contributed by atoms with Gasteiger partial charge in [-0.1, -0.05) is 25.5 Å². The zero-order chi connectivity index (χ0) is 20.1. The number of piperidine rings is 1. The SMILES string of the molecule is CC(CC(=O)Nc1ccc(S(=O)(=O)N2CCCCC2)cc1)c1ccc(F)cc1. The van der Waals surface area contributed by atoms with Crippen LogP contribution in [0.2, 0.25) is 0 Å². The molecule has 2 aromatic carbocycles. The molecule has 1 heterocycles. The van der Waals surface area contributed by atoms with Crippen LogP contribution in [0.25, 0.3) is 0 Å². The third-order valence-electron chi connectivity index (χ3n) is 5.02. The number of amides is 1. The van der Waals surface area contributed by atoms with Crippen molar-refractivity contribution < 1.29 is 17.6 Å². The fraction of sp³-hybridized carbons (Fsp3) is 0.381. The van der Waals surface area contributed by atoms with E-state index in [1.54, 1.807) is 24.3 Å². The summed E-state index contributed by atoms with van der Waals surface area (Å²) in [4.78, 5) is 12.5. The predicted molar refractivity (Wildman–Crippen MR) is 107 cm³/mol. The lowest BCUT2D eigenvalue weighted by Crippen LogP contribution is -2.35. The average molecular weight is 405 g/mol. The fourth-order valence-electron chi connectivity index (χ4n) is 3.36. The van der Waals surface area contributed by atoms with Gasteiger partial charge in [0.2, 0.25) is 15.9 Å². The number of carbonyl (C=O) groups is 1. The summed E-state index contributed by atoms with van der Waals surface area (Å²) < 4.78 is 39.9. The Bertz CT molecular complexity index is 906. The third kappa shape index (κ3) is 4.97. The first-order valence-corrected chi connectivity index (χ1v) is 11.0. The number of benzene rings is 2. The molecule has 1 N–H and O–H groups in total. The van der Waals surface area contributed by atoms with Crippen LogP contribution in [-0.2, 0) is 14.8 Å². The number of halogens is 1. The molecule has 1 atom stereocenters. The molecular formula is C21H25FN2O3S. The number of sulfonamides is 1. The molecule has 1 amide bonds. The van der Waals surface area contributed by atoms with Gasteiger partial charge >= 0.3 is 0 Å². The van der Waals surface area contributed by atoms with E-state index in [0.717, 1.165) is 24.8 Å². The van der Waals surface area contributed by atoms with Crippen molar-refractivity contribution in [3.8, 4) is 0 Å². The minimum Gasteiger partial charge on any atom is -0.326 e. The molecule has 0 saturated carbocycles. The zero-order valence-corrected chi connectivity index (χ0v) is 16.7. The van der Waals surface area contributed by atoms with E-state index in [-0.39, 0.29) is 29.0 Å². The molecule has 0 aromatic heterocycles. The van der Waals surface area contributed by atoms with Crippen molar-refractivity contribution >= 4 is 21.6 Å². The molecule has 2 aromatic rings. The first kappa shape index (κ1) is 20.5. The molecule has 0 aliphatic carbocycles. The van der Waals surface area contributed by atoms with Gasteiger partial charge < -0.3 is 5.32 Å². The first-order valence-electron chi connectivity index (χ1n) is 9.52. The van der Waals surface area contributed by atoms with E-state index in [1.165, 1.54) is 28.6 Å². The second-order valence-corrected chi connectivity index (χ2v) is 9.13. The van der Waals surface area contributed by atoms with Crippen molar-refractivity contribution in [3.63, 3.8) is 0 Å². The lowest BCUT2D eigenvalue weighted by Gasteiger charge is -2.25. The second kappa shape index (κ2) is 8.84. The standard InChI is InChI=1S/C21H25FN2O3S/c1-16(17-5-7-18(22)8-6-17)15-21(25)23-19-9-11-20(12-10-19)28(26,27)24-13-3-2-4-14-24/h5-12,16H,2-4,13-15H2,1H3,(H,23,25). The molecule has 1 unspecified atom stereocenters. The summed E-state index contributed by atoms with van der Waals surface area (Å²) in [5, 5.41) is 2.79. The van der Waals surface area contributed by atoms with Crippen LogP contribution in [0.5, 0.6) is 0 Å². The number of anilines is 1. The predicted octanol–water partition coefficient (Wildman–Crippen LogP) is 4.13. The fourth-order valence-corrected chi connectivity index (χ4v) is 4.88. The summed E-state index contributed by atoms with van der Waals surface area (Å²) in [5.74, 6) is -0.539. The highest BCUT2D eigenvalue weighted by atomic mass is 32.2. The van der Waals surface area contributed by atoms with E-state index >= 15 is 0 Å². The summed E-state index contributed by atoms with van der Waals surface area (Å²) in [7, 11) is -3.48. The normalized spacial score (nSPS) is 16.5. The lowest BCUT2D eigenvalue weighted by molar-refractivity contribution is -0.116. The third-order valence-corrected chi connectivity index (χ3v) is 6.93. The second-order valence-electron chi connectivity index (χ2n) is 7.19. The van der Waals surface area contributed by atoms with Gasteiger partial charge in [-0.15, -0.1) is 0 Å². The zero-order valence-electron chi connectivity index (χ0n) is 15.9. The largest absolute Gasteiger partial charge is 0.326 e. The van der Waals surface area contributed by atoms with Gasteiger partial charge in [0.25, 0.3) is 0 Å². The maximum absolute atomic E-state index is 13.0. The van der Waals surface area contributed by atoms with Crippen LogP contribution >= 0.6 is 0 Å². The van der Waals surface area contributed by atoms with Crippen molar-refractivity contribution in [2.45, 2.75) is 43.4 Å². The topological polar surface area (TPSA) is 66.5 Å². The van der Waals surface area contributed by atoms with Crippen molar-refractivity contribution in [1.29, 1.82) is 0 Å². The molecule has 1 aliphatic rings.